The van der Waals surface area contributed by atoms with E-state index in [2.05, 4.69) is 60.8 Å². The fourth-order valence-electron chi connectivity index (χ4n) is 6.08. The summed E-state index contributed by atoms with van der Waals surface area (Å²) in [4.78, 5) is 31.8. The van der Waals surface area contributed by atoms with Gasteiger partial charge >= 0.3 is 0 Å². The van der Waals surface area contributed by atoms with E-state index >= 15 is 0 Å². The van der Waals surface area contributed by atoms with Crippen LogP contribution < -0.4 is 4.90 Å². The van der Waals surface area contributed by atoms with Crippen molar-refractivity contribution in [2.75, 3.05) is 36.0 Å². The number of carbonyl (C=O) groups is 1. The lowest BCUT2D eigenvalue weighted by Crippen LogP contribution is -2.55. The summed E-state index contributed by atoms with van der Waals surface area (Å²) in [5, 5.41) is 5.37. The number of rotatable bonds is 4. The molecule has 0 spiro atoms. The Hall–Kier alpha value is -2.67. The van der Waals surface area contributed by atoms with E-state index in [-0.39, 0.29) is 23.8 Å². The quantitative estimate of drug-likeness (QED) is 0.305. The molecule has 1 unspecified atom stereocenters. The number of aromatic nitrogens is 5. The average molecular weight is 572 g/mol. The maximum Gasteiger partial charge on any atom is 0.225 e. The Labute approximate surface area is 233 Å². The van der Waals surface area contributed by atoms with Gasteiger partial charge < -0.3 is 14.8 Å². The van der Waals surface area contributed by atoms with Crippen molar-refractivity contribution in [1.29, 1.82) is 0 Å². The third kappa shape index (κ3) is 4.60. The van der Waals surface area contributed by atoms with Crippen molar-refractivity contribution < 1.29 is 13.9 Å². The molecule has 39 heavy (non-hydrogen) atoms. The number of hydrogen-bond acceptors (Lipinski definition) is 8. The first-order valence-corrected chi connectivity index (χ1v) is 16.4. The minimum atomic E-state index is -2.48. The van der Waals surface area contributed by atoms with Crippen molar-refractivity contribution in [3.63, 3.8) is 0 Å². The number of hydrogen-bond donors (Lipinski definition) is 3. The number of thiazole rings is 1. The summed E-state index contributed by atoms with van der Waals surface area (Å²) in [5.74, 6) is 1.02. The molecule has 0 radical (unpaired) electrons. The predicted molar refractivity (Wildman–Crippen MR) is 158 cm³/mol. The summed E-state index contributed by atoms with van der Waals surface area (Å²) >= 11 is 1.68. The van der Waals surface area contributed by atoms with Crippen LogP contribution in [0.3, 0.4) is 0 Å². The SMILES string of the molecule is Cc1c(-c2[nH]c3sc(N4CCN(C(=O)C5CCS(O)(O)CC5)CC4C)nc3c2C(C)C)cn2ncnc2c1C. The molecule has 3 N–H and O–H groups in total. The van der Waals surface area contributed by atoms with Gasteiger partial charge in [0.15, 0.2) is 10.8 Å². The standard InChI is InChI=1S/C27H37N7O3S2/c1-15(2)21-22(20-13-34-24(28-14-29-34)18(5)17(20)4)30-25-23(21)31-27(38-25)33-9-8-32(12-16(33)3)26(35)19-6-10-39(36,37)11-7-19/h13-16,19,30,36-37H,6-12H2,1-5H3. The third-order valence-corrected chi connectivity index (χ3v) is 11.3. The van der Waals surface area contributed by atoms with Crippen LogP contribution in [0.25, 0.3) is 27.3 Å². The first-order chi connectivity index (χ1) is 18.5. The highest BCUT2D eigenvalue weighted by Gasteiger charge is 2.35. The Morgan fingerprint density at radius 2 is 1.92 bits per heavy atom. The smallest absolute Gasteiger partial charge is 0.225 e. The summed E-state index contributed by atoms with van der Waals surface area (Å²) in [6, 6.07) is 0.142. The van der Waals surface area contributed by atoms with Crippen molar-refractivity contribution in [2.24, 2.45) is 5.92 Å². The number of aromatic amines is 1. The molecule has 6 rings (SSSR count). The van der Waals surface area contributed by atoms with Gasteiger partial charge in [0.1, 0.15) is 16.7 Å². The Balaban J connectivity index is 1.25. The summed E-state index contributed by atoms with van der Waals surface area (Å²) in [7, 11) is -2.48. The van der Waals surface area contributed by atoms with E-state index in [0.717, 1.165) is 44.5 Å². The number of carbonyl (C=O) groups excluding carboxylic acids is 1. The molecule has 1 atom stereocenters. The number of piperazine rings is 1. The van der Waals surface area contributed by atoms with Crippen LogP contribution in [-0.4, -0.2) is 81.7 Å². The Morgan fingerprint density at radius 1 is 1.18 bits per heavy atom. The second kappa shape index (κ2) is 9.76. The fraction of sp³-hybridized carbons (Fsp3) is 0.556. The molecule has 1 amide bonds. The zero-order valence-corrected chi connectivity index (χ0v) is 24.8. The molecule has 10 nitrogen and oxygen atoms in total. The number of anilines is 1. The van der Waals surface area contributed by atoms with Crippen molar-refractivity contribution in [1.82, 2.24) is 29.5 Å². The largest absolute Gasteiger partial charge is 0.344 e. The monoisotopic (exact) mass is 571 g/mol. The van der Waals surface area contributed by atoms with Crippen LogP contribution in [-0.2, 0) is 4.79 Å². The molecule has 2 aliphatic heterocycles. The van der Waals surface area contributed by atoms with Gasteiger partial charge in [0.25, 0.3) is 0 Å². The van der Waals surface area contributed by atoms with E-state index in [9.17, 15) is 13.9 Å². The molecule has 2 fully saturated rings. The minimum absolute atomic E-state index is 0.0995. The van der Waals surface area contributed by atoms with Gasteiger partial charge in [0, 0.05) is 60.4 Å². The van der Waals surface area contributed by atoms with Crippen molar-refractivity contribution in [3.8, 4) is 11.3 Å². The fourth-order valence-corrected chi connectivity index (χ4v) is 8.72. The van der Waals surface area contributed by atoms with Crippen LogP contribution in [0.15, 0.2) is 12.5 Å². The normalized spacial score (nSPS) is 21.4. The van der Waals surface area contributed by atoms with E-state index in [4.69, 9.17) is 4.98 Å². The van der Waals surface area contributed by atoms with E-state index < -0.39 is 10.6 Å². The molecule has 0 saturated carbocycles. The van der Waals surface area contributed by atoms with Gasteiger partial charge in [-0.1, -0.05) is 25.2 Å². The van der Waals surface area contributed by atoms with Crippen LogP contribution in [0.2, 0.25) is 0 Å². The zero-order chi connectivity index (χ0) is 27.6. The summed E-state index contributed by atoms with van der Waals surface area (Å²) < 4.78 is 21.7. The molecule has 0 aliphatic carbocycles. The lowest BCUT2D eigenvalue weighted by molar-refractivity contribution is -0.136. The van der Waals surface area contributed by atoms with Gasteiger partial charge in [-0.05, 0) is 50.7 Å². The number of fused-ring (bicyclic) bond motifs is 2. The molecule has 4 aromatic heterocycles. The molecule has 0 aromatic carbocycles. The van der Waals surface area contributed by atoms with Gasteiger partial charge in [-0.25, -0.2) is 14.5 Å². The van der Waals surface area contributed by atoms with Crippen LogP contribution >= 0.6 is 21.9 Å². The number of nitrogens with one attached hydrogen (secondary N) is 1. The maximum absolute atomic E-state index is 13.2. The molecular formula is C27H37N7O3S2. The van der Waals surface area contributed by atoms with Crippen molar-refractivity contribution in [3.05, 3.63) is 29.2 Å². The summed E-state index contributed by atoms with van der Waals surface area (Å²) in [5.41, 5.74) is 7.61. The van der Waals surface area contributed by atoms with Crippen LogP contribution in [0, 0.1) is 19.8 Å². The van der Waals surface area contributed by atoms with Gasteiger partial charge in [-0.2, -0.15) is 15.7 Å². The maximum atomic E-state index is 13.2. The molecule has 2 saturated heterocycles. The highest BCUT2D eigenvalue weighted by Crippen LogP contribution is 2.46. The lowest BCUT2D eigenvalue weighted by Gasteiger charge is -2.43. The lowest BCUT2D eigenvalue weighted by atomic mass is 9.96. The number of nitrogens with zero attached hydrogens (tertiary/aromatic N) is 6. The topological polar surface area (TPSA) is 123 Å². The molecule has 12 heteroatoms. The van der Waals surface area contributed by atoms with E-state index in [1.807, 2.05) is 9.42 Å². The van der Waals surface area contributed by atoms with Crippen molar-refractivity contribution >= 4 is 49.0 Å². The van der Waals surface area contributed by atoms with Crippen LogP contribution in [0.5, 0.6) is 0 Å². The molecular weight excluding hydrogens is 534 g/mol. The first-order valence-electron chi connectivity index (χ1n) is 13.7. The first kappa shape index (κ1) is 26.5. The minimum Gasteiger partial charge on any atom is -0.344 e. The number of pyridine rings is 1. The molecule has 2 aliphatic rings. The van der Waals surface area contributed by atoms with E-state index in [0.29, 0.717) is 37.4 Å². The molecule has 210 valence electrons. The number of amides is 1. The average Bonchev–Trinajstić information content (AvgIpc) is 3.60. The molecule has 6 heterocycles. The third-order valence-electron chi connectivity index (χ3n) is 8.47. The Kier molecular flexibility index (Phi) is 6.64. The van der Waals surface area contributed by atoms with Gasteiger partial charge in [-0.3, -0.25) is 13.9 Å². The second-order valence-electron chi connectivity index (χ2n) is 11.4. The van der Waals surface area contributed by atoms with Gasteiger partial charge in [0.2, 0.25) is 5.91 Å². The van der Waals surface area contributed by atoms with Gasteiger partial charge in [-0.15, -0.1) is 0 Å². The number of aryl methyl sites for hydroxylation is 1. The van der Waals surface area contributed by atoms with Crippen LogP contribution in [0.4, 0.5) is 5.13 Å². The Morgan fingerprint density at radius 3 is 2.62 bits per heavy atom. The molecule has 4 aromatic rings. The summed E-state index contributed by atoms with van der Waals surface area (Å²) in [6.45, 7) is 12.8. The van der Waals surface area contributed by atoms with Gasteiger partial charge in [0.05, 0.1) is 5.69 Å². The Bertz CT molecular complexity index is 1550. The molecule has 0 bridgehead atoms. The van der Waals surface area contributed by atoms with E-state index in [1.54, 1.807) is 17.7 Å². The number of H-pyrrole nitrogens is 1. The van der Waals surface area contributed by atoms with Crippen LogP contribution in [0.1, 0.15) is 56.2 Å². The zero-order valence-electron chi connectivity index (χ0n) is 23.1. The highest BCUT2D eigenvalue weighted by molar-refractivity contribution is 8.24. The highest BCUT2D eigenvalue weighted by atomic mass is 32.3. The van der Waals surface area contributed by atoms with Crippen molar-refractivity contribution in [2.45, 2.75) is 59.4 Å². The summed E-state index contributed by atoms with van der Waals surface area (Å²) in [6.07, 6.45) is 4.78. The second-order valence-corrected chi connectivity index (χ2v) is 14.8. The predicted octanol–water partition coefficient (Wildman–Crippen LogP) is 5.27. The van der Waals surface area contributed by atoms with E-state index in [1.165, 1.54) is 11.1 Å².